The summed E-state index contributed by atoms with van der Waals surface area (Å²) in [6.07, 6.45) is 0.990. The van der Waals surface area contributed by atoms with Gasteiger partial charge in [0.2, 0.25) is 17.7 Å². The lowest BCUT2D eigenvalue weighted by molar-refractivity contribution is -0.145. The normalized spacial score (nSPS) is 14.6. The van der Waals surface area contributed by atoms with Crippen molar-refractivity contribution in [3.8, 4) is 0 Å². The van der Waals surface area contributed by atoms with Crippen LogP contribution in [0.1, 0.15) is 58.9 Å². The van der Waals surface area contributed by atoms with Crippen LogP contribution in [0.15, 0.2) is 30.3 Å². The Kier molecular flexibility index (Phi) is 12.1. The van der Waals surface area contributed by atoms with Crippen LogP contribution in [0.4, 0.5) is 0 Å². The van der Waals surface area contributed by atoms with Gasteiger partial charge in [-0.2, -0.15) is 0 Å². The summed E-state index contributed by atoms with van der Waals surface area (Å²) in [6.45, 7) is 7.73. The van der Waals surface area contributed by atoms with Crippen LogP contribution in [-0.4, -0.2) is 41.8 Å². The predicted molar refractivity (Wildman–Crippen MR) is 125 cm³/mol. The lowest BCUT2D eigenvalue weighted by atomic mass is 9.96. The van der Waals surface area contributed by atoms with E-state index < -0.39 is 41.8 Å². The Bertz CT molecular complexity index is 784. The van der Waals surface area contributed by atoms with Gasteiger partial charge < -0.3 is 26.8 Å². The van der Waals surface area contributed by atoms with Crippen molar-refractivity contribution in [3.05, 3.63) is 35.9 Å². The summed E-state index contributed by atoms with van der Waals surface area (Å²) in [4.78, 5) is 49.3. The summed E-state index contributed by atoms with van der Waals surface area (Å²) < 4.78 is 5.20. The van der Waals surface area contributed by atoms with E-state index in [1.807, 2.05) is 58.0 Å². The Morgan fingerprint density at radius 2 is 1.64 bits per heavy atom. The van der Waals surface area contributed by atoms with Crippen molar-refractivity contribution < 1.29 is 23.9 Å². The van der Waals surface area contributed by atoms with Gasteiger partial charge in [0.15, 0.2) is 0 Å². The maximum absolute atomic E-state index is 12.9. The number of hydrogen-bond acceptors (Lipinski definition) is 6. The first-order valence-electron chi connectivity index (χ1n) is 11.4. The predicted octanol–water partition coefficient (Wildman–Crippen LogP) is 1.38. The number of carbonyl (C=O) groups excluding carboxylic acids is 4. The topological polar surface area (TPSA) is 154 Å². The number of hydrogen-bond donors (Lipinski definition) is 4. The van der Waals surface area contributed by atoms with Crippen molar-refractivity contribution in [2.24, 2.45) is 23.3 Å². The van der Waals surface area contributed by atoms with Crippen LogP contribution in [0.25, 0.3) is 0 Å². The monoisotopic (exact) mass is 462 g/mol. The molecule has 0 spiro atoms. The molecular formula is C24H38N4O5. The fraction of sp³-hybridized carbons (Fsp3) is 0.583. The minimum Gasteiger partial charge on any atom is -0.461 e. The molecule has 9 heteroatoms. The number of amides is 3. The van der Waals surface area contributed by atoms with Crippen LogP contribution in [-0.2, 0) is 30.5 Å². The lowest BCUT2D eigenvalue weighted by Gasteiger charge is -2.27. The molecule has 0 aromatic heterocycles. The van der Waals surface area contributed by atoms with Gasteiger partial charge in [0.25, 0.3) is 0 Å². The zero-order chi connectivity index (χ0) is 25.0. The molecular weight excluding hydrogens is 424 g/mol. The second-order valence-electron chi connectivity index (χ2n) is 8.76. The summed E-state index contributed by atoms with van der Waals surface area (Å²) in [6, 6.07) is 6.50. The highest BCUT2D eigenvalue weighted by Crippen LogP contribution is 2.11. The average Bonchev–Trinajstić information content (AvgIpc) is 2.77. The highest BCUT2D eigenvalue weighted by Gasteiger charge is 2.30. The van der Waals surface area contributed by atoms with E-state index in [-0.39, 0.29) is 31.3 Å². The first-order chi connectivity index (χ1) is 15.5. The summed E-state index contributed by atoms with van der Waals surface area (Å²) in [7, 11) is 0. The van der Waals surface area contributed by atoms with Crippen molar-refractivity contribution in [3.63, 3.8) is 0 Å². The zero-order valence-electron chi connectivity index (χ0n) is 20.0. The van der Waals surface area contributed by atoms with Gasteiger partial charge in [0.05, 0.1) is 6.04 Å². The molecule has 0 aliphatic heterocycles. The minimum absolute atomic E-state index is 0.0112. The SMILES string of the molecule is CC[C@H](C)[C@H](NC(=O)[C@H](N)CC(C)C)C(=O)N[C@H](CCC(=O)OCc1ccccc1)C(N)=O. The Hall–Kier alpha value is -2.94. The van der Waals surface area contributed by atoms with Crippen LogP contribution < -0.4 is 22.1 Å². The molecule has 3 amide bonds. The van der Waals surface area contributed by atoms with Gasteiger partial charge in [0, 0.05) is 6.42 Å². The molecule has 1 aromatic carbocycles. The van der Waals surface area contributed by atoms with Crippen molar-refractivity contribution in [1.82, 2.24) is 10.6 Å². The number of carbonyl (C=O) groups is 4. The molecule has 0 radical (unpaired) electrons. The van der Waals surface area contributed by atoms with Crippen molar-refractivity contribution in [1.29, 1.82) is 0 Å². The molecule has 0 fully saturated rings. The van der Waals surface area contributed by atoms with E-state index in [0.29, 0.717) is 12.8 Å². The number of benzene rings is 1. The number of primary amides is 1. The van der Waals surface area contributed by atoms with Crippen molar-refractivity contribution in [2.45, 2.75) is 78.1 Å². The molecule has 0 saturated carbocycles. The van der Waals surface area contributed by atoms with Crippen molar-refractivity contribution >= 4 is 23.7 Å². The standard InChI is InChI=1S/C24H38N4O5/c1-5-16(4)21(28-23(31)18(25)13-15(2)3)24(32)27-19(22(26)30)11-12-20(29)33-14-17-9-7-6-8-10-17/h6-10,15-16,18-19,21H,5,11-14,25H2,1-4H3,(H2,26,30)(H,27,32)(H,28,31)/t16-,18+,19+,21-/m0/s1. The van der Waals surface area contributed by atoms with Crippen molar-refractivity contribution in [2.75, 3.05) is 0 Å². The van der Waals surface area contributed by atoms with Crippen LogP contribution in [0.2, 0.25) is 0 Å². The molecule has 1 aromatic rings. The number of ether oxygens (including phenoxy) is 1. The Morgan fingerprint density at radius 1 is 1.00 bits per heavy atom. The third-order valence-corrected chi connectivity index (χ3v) is 5.40. The second kappa shape index (κ2) is 14.3. The summed E-state index contributed by atoms with van der Waals surface area (Å²) in [5, 5.41) is 5.27. The molecule has 4 atom stereocenters. The van der Waals surface area contributed by atoms with E-state index in [9.17, 15) is 19.2 Å². The van der Waals surface area contributed by atoms with E-state index in [1.54, 1.807) is 0 Å². The molecule has 33 heavy (non-hydrogen) atoms. The first-order valence-corrected chi connectivity index (χ1v) is 11.4. The Labute approximate surface area is 196 Å². The fourth-order valence-electron chi connectivity index (χ4n) is 3.20. The number of rotatable bonds is 14. The fourth-order valence-corrected chi connectivity index (χ4v) is 3.20. The maximum Gasteiger partial charge on any atom is 0.306 e. The van der Waals surface area contributed by atoms with Gasteiger partial charge in [-0.25, -0.2) is 0 Å². The van der Waals surface area contributed by atoms with E-state index in [1.165, 1.54) is 0 Å². The smallest absolute Gasteiger partial charge is 0.306 e. The number of nitrogens with two attached hydrogens (primary N) is 2. The highest BCUT2D eigenvalue weighted by atomic mass is 16.5. The molecule has 0 aliphatic carbocycles. The van der Waals surface area contributed by atoms with Gasteiger partial charge in [-0.15, -0.1) is 0 Å². The van der Waals surface area contributed by atoms with Gasteiger partial charge in [-0.1, -0.05) is 64.4 Å². The third-order valence-electron chi connectivity index (χ3n) is 5.40. The largest absolute Gasteiger partial charge is 0.461 e. The first kappa shape index (κ1) is 28.1. The minimum atomic E-state index is -1.07. The number of esters is 1. The van der Waals surface area contributed by atoms with Crippen LogP contribution in [0.3, 0.4) is 0 Å². The molecule has 0 bridgehead atoms. The third kappa shape index (κ3) is 10.5. The van der Waals surface area contributed by atoms with Gasteiger partial charge >= 0.3 is 5.97 Å². The van der Waals surface area contributed by atoms with Gasteiger partial charge in [-0.05, 0) is 30.2 Å². The van der Waals surface area contributed by atoms with Crippen LogP contribution in [0, 0.1) is 11.8 Å². The van der Waals surface area contributed by atoms with E-state index in [0.717, 1.165) is 5.56 Å². The van der Waals surface area contributed by atoms with E-state index >= 15 is 0 Å². The molecule has 1 rings (SSSR count). The lowest BCUT2D eigenvalue weighted by Crippen LogP contribution is -2.57. The van der Waals surface area contributed by atoms with E-state index in [2.05, 4.69) is 10.6 Å². The second-order valence-corrected chi connectivity index (χ2v) is 8.76. The van der Waals surface area contributed by atoms with Gasteiger partial charge in [0.1, 0.15) is 18.7 Å². The van der Waals surface area contributed by atoms with E-state index in [4.69, 9.17) is 16.2 Å². The highest BCUT2D eigenvalue weighted by molar-refractivity contribution is 5.93. The quantitative estimate of drug-likeness (QED) is 0.306. The molecule has 0 aliphatic rings. The Morgan fingerprint density at radius 3 is 2.18 bits per heavy atom. The maximum atomic E-state index is 12.9. The average molecular weight is 463 g/mol. The molecule has 0 unspecified atom stereocenters. The van der Waals surface area contributed by atoms with Gasteiger partial charge in [-0.3, -0.25) is 19.2 Å². The zero-order valence-corrected chi connectivity index (χ0v) is 20.0. The summed E-state index contributed by atoms with van der Waals surface area (Å²) in [5.74, 6) is -2.23. The molecule has 184 valence electrons. The Balaban J connectivity index is 2.69. The number of nitrogens with one attached hydrogen (secondary N) is 2. The van der Waals surface area contributed by atoms with Crippen LogP contribution >= 0.6 is 0 Å². The van der Waals surface area contributed by atoms with Crippen LogP contribution in [0.5, 0.6) is 0 Å². The molecule has 0 saturated heterocycles. The molecule has 6 N–H and O–H groups in total. The molecule has 0 heterocycles. The summed E-state index contributed by atoms with van der Waals surface area (Å²) in [5.41, 5.74) is 12.2. The summed E-state index contributed by atoms with van der Waals surface area (Å²) >= 11 is 0. The molecule has 9 nitrogen and oxygen atoms in total.